The first-order valence-electron chi connectivity index (χ1n) is 8.33. The van der Waals surface area contributed by atoms with E-state index >= 15 is 0 Å². The molecule has 23 heavy (non-hydrogen) atoms. The summed E-state index contributed by atoms with van der Waals surface area (Å²) in [5, 5.41) is 7.74. The number of nitrogens with zero attached hydrogens (tertiary/aromatic N) is 3. The number of thiophene rings is 1. The molecule has 0 aromatic carbocycles. The first-order valence-corrected chi connectivity index (χ1v) is 9.27. The standard InChI is InChI=1S/C17H30N4OS/c1-5-18-16(21(4)12-15-6-11-23-13-15)19-14-17(20(2)3)7-9-22-10-8-17/h6,11,13H,5,7-10,12,14H2,1-4H3,(H,18,19). The Morgan fingerprint density at radius 2 is 2.09 bits per heavy atom. The highest BCUT2D eigenvalue weighted by Crippen LogP contribution is 2.26. The van der Waals surface area contributed by atoms with Crippen molar-refractivity contribution in [2.24, 2.45) is 4.99 Å². The Morgan fingerprint density at radius 3 is 2.65 bits per heavy atom. The lowest BCUT2D eigenvalue weighted by Crippen LogP contribution is -2.51. The van der Waals surface area contributed by atoms with Crippen molar-refractivity contribution >= 4 is 17.3 Å². The van der Waals surface area contributed by atoms with Gasteiger partial charge in [0.25, 0.3) is 0 Å². The normalized spacial score (nSPS) is 18.2. The van der Waals surface area contributed by atoms with Gasteiger partial charge in [-0.25, -0.2) is 0 Å². The van der Waals surface area contributed by atoms with Gasteiger partial charge in [-0.05, 0) is 56.3 Å². The smallest absolute Gasteiger partial charge is 0.194 e. The van der Waals surface area contributed by atoms with Gasteiger partial charge in [-0.1, -0.05) is 0 Å². The van der Waals surface area contributed by atoms with Crippen molar-refractivity contribution in [3.63, 3.8) is 0 Å². The predicted molar refractivity (Wildman–Crippen MR) is 98.2 cm³/mol. The Hall–Kier alpha value is -1.11. The summed E-state index contributed by atoms with van der Waals surface area (Å²) in [4.78, 5) is 9.47. The summed E-state index contributed by atoms with van der Waals surface area (Å²) in [6, 6.07) is 2.17. The second-order valence-electron chi connectivity index (χ2n) is 6.39. The van der Waals surface area contributed by atoms with Crippen molar-refractivity contribution in [3.05, 3.63) is 22.4 Å². The zero-order valence-electron chi connectivity index (χ0n) is 14.8. The van der Waals surface area contributed by atoms with Gasteiger partial charge < -0.3 is 19.9 Å². The minimum Gasteiger partial charge on any atom is -0.381 e. The summed E-state index contributed by atoms with van der Waals surface area (Å²) >= 11 is 1.74. The molecule has 2 heterocycles. The number of likely N-dealkylation sites (N-methyl/N-ethyl adjacent to an activating group) is 1. The zero-order chi connectivity index (χ0) is 16.7. The van der Waals surface area contributed by atoms with E-state index in [0.29, 0.717) is 0 Å². The third-order valence-corrected chi connectivity index (χ3v) is 5.32. The molecule has 1 aromatic rings. The van der Waals surface area contributed by atoms with Crippen LogP contribution in [0, 0.1) is 0 Å². The second-order valence-corrected chi connectivity index (χ2v) is 7.17. The molecule has 1 fully saturated rings. The molecule has 0 saturated carbocycles. The monoisotopic (exact) mass is 338 g/mol. The summed E-state index contributed by atoms with van der Waals surface area (Å²) in [6.45, 7) is 6.34. The van der Waals surface area contributed by atoms with Gasteiger partial charge in [0.15, 0.2) is 5.96 Å². The topological polar surface area (TPSA) is 40.1 Å². The van der Waals surface area contributed by atoms with E-state index in [4.69, 9.17) is 9.73 Å². The summed E-state index contributed by atoms with van der Waals surface area (Å²) in [7, 11) is 6.41. The van der Waals surface area contributed by atoms with Crippen LogP contribution in [-0.2, 0) is 11.3 Å². The van der Waals surface area contributed by atoms with Crippen molar-refractivity contribution in [2.75, 3.05) is 47.4 Å². The van der Waals surface area contributed by atoms with E-state index in [2.05, 4.69) is 60.0 Å². The molecular formula is C17H30N4OS. The van der Waals surface area contributed by atoms with Crippen LogP contribution in [0.5, 0.6) is 0 Å². The van der Waals surface area contributed by atoms with Gasteiger partial charge in [-0.3, -0.25) is 4.99 Å². The molecule has 6 heteroatoms. The van der Waals surface area contributed by atoms with Crippen molar-refractivity contribution in [3.8, 4) is 0 Å². The third-order valence-electron chi connectivity index (χ3n) is 4.59. The Morgan fingerprint density at radius 1 is 1.35 bits per heavy atom. The van der Waals surface area contributed by atoms with Crippen LogP contribution >= 0.6 is 11.3 Å². The molecule has 5 nitrogen and oxygen atoms in total. The summed E-state index contributed by atoms with van der Waals surface area (Å²) < 4.78 is 5.55. The molecular weight excluding hydrogens is 308 g/mol. The van der Waals surface area contributed by atoms with Crippen molar-refractivity contribution in [2.45, 2.75) is 31.8 Å². The van der Waals surface area contributed by atoms with Gasteiger partial charge in [-0.15, -0.1) is 0 Å². The number of hydrogen-bond acceptors (Lipinski definition) is 4. The molecule has 1 N–H and O–H groups in total. The third kappa shape index (κ3) is 4.93. The lowest BCUT2D eigenvalue weighted by molar-refractivity contribution is -0.00262. The van der Waals surface area contributed by atoms with E-state index in [1.807, 2.05) is 0 Å². The maximum absolute atomic E-state index is 5.55. The molecule has 1 aromatic heterocycles. The van der Waals surface area contributed by atoms with Crippen molar-refractivity contribution in [1.29, 1.82) is 0 Å². The maximum Gasteiger partial charge on any atom is 0.194 e. The Balaban J connectivity index is 2.07. The van der Waals surface area contributed by atoms with Crippen LogP contribution in [0.25, 0.3) is 0 Å². The molecule has 130 valence electrons. The van der Waals surface area contributed by atoms with Crippen LogP contribution in [0.3, 0.4) is 0 Å². The van der Waals surface area contributed by atoms with Crippen LogP contribution in [-0.4, -0.2) is 68.7 Å². The molecule has 0 spiro atoms. The Kier molecular flexibility index (Phi) is 6.87. The first kappa shape index (κ1) is 18.2. The molecule has 1 saturated heterocycles. The van der Waals surface area contributed by atoms with E-state index in [9.17, 15) is 0 Å². The molecule has 0 radical (unpaired) electrons. The molecule has 0 aliphatic carbocycles. The van der Waals surface area contributed by atoms with Crippen LogP contribution in [0.4, 0.5) is 0 Å². The summed E-state index contributed by atoms with van der Waals surface area (Å²) in [6.07, 6.45) is 2.08. The average Bonchev–Trinajstić information content (AvgIpc) is 3.05. The summed E-state index contributed by atoms with van der Waals surface area (Å²) in [5.74, 6) is 0.978. The molecule has 0 bridgehead atoms. The minimum absolute atomic E-state index is 0.113. The minimum atomic E-state index is 0.113. The van der Waals surface area contributed by atoms with Gasteiger partial charge >= 0.3 is 0 Å². The van der Waals surface area contributed by atoms with E-state index in [1.54, 1.807) is 11.3 Å². The first-order chi connectivity index (χ1) is 11.1. The number of ether oxygens (including phenoxy) is 1. The molecule has 1 aliphatic heterocycles. The highest BCUT2D eigenvalue weighted by atomic mass is 32.1. The van der Waals surface area contributed by atoms with Gasteiger partial charge in [0, 0.05) is 38.9 Å². The fourth-order valence-corrected chi connectivity index (χ4v) is 3.58. The van der Waals surface area contributed by atoms with Crippen molar-refractivity contribution in [1.82, 2.24) is 15.1 Å². The highest BCUT2D eigenvalue weighted by Gasteiger charge is 2.34. The number of hydrogen-bond donors (Lipinski definition) is 1. The largest absolute Gasteiger partial charge is 0.381 e. The lowest BCUT2D eigenvalue weighted by atomic mass is 9.89. The fraction of sp³-hybridized carbons (Fsp3) is 0.706. The Bertz CT molecular complexity index is 481. The molecule has 0 amide bonds. The lowest BCUT2D eigenvalue weighted by Gasteiger charge is -2.42. The van der Waals surface area contributed by atoms with Gasteiger partial charge in [0.2, 0.25) is 0 Å². The number of guanidine groups is 1. The number of rotatable bonds is 6. The van der Waals surface area contributed by atoms with Gasteiger partial charge in [-0.2, -0.15) is 11.3 Å². The molecule has 0 atom stereocenters. The van der Waals surface area contributed by atoms with Gasteiger partial charge in [0.05, 0.1) is 6.54 Å². The zero-order valence-corrected chi connectivity index (χ0v) is 15.7. The second kappa shape index (κ2) is 8.66. The maximum atomic E-state index is 5.55. The molecule has 0 unspecified atom stereocenters. The number of nitrogens with one attached hydrogen (secondary N) is 1. The number of aliphatic imine (C=N–C) groups is 1. The van der Waals surface area contributed by atoms with Crippen molar-refractivity contribution < 1.29 is 4.74 Å². The predicted octanol–water partition coefficient (Wildman–Crippen LogP) is 2.26. The molecule has 2 rings (SSSR count). The van der Waals surface area contributed by atoms with Crippen LogP contribution in [0.2, 0.25) is 0 Å². The quantitative estimate of drug-likeness (QED) is 0.638. The van der Waals surface area contributed by atoms with E-state index < -0.39 is 0 Å². The van der Waals surface area contributed by atoms with Gasteiger partial charge in [0.1, 0.15) is 0 Å². The van der Waals surface area contributed by atoms with E-state index in [0.717, 1.165) is 51.6 Å². The fourth-order valence-electron chi connectivity index (χ4n) is 2.92. The SMILES string of the molecule is CCNC(=NCC1(N(C)C)CCOCC1)N(C)Cc1ccsc1. The molecule has 1 aliphatic rings. The highest BCUT2D eigenvalue weighted by molar-refractivity contribution is 7.07. The van der Waals surface area contributed by atoms with Crippen LogP contribution < -0.4 is 5.32 Å². The van der Waals surface area contributed by atoms with Crippen LogP contribution in [0.1, 0.15) is 25.3 Å². The van der Waals surface area contributed by atoms with Crippen LogP contribution in [0.15, 0.2) is 21.8 Å². The summed E-state index contributed by atoms with van der Waals surface area (Å²) in [5.41, 5.74) is 1.44. The average molecular weight is 339 g/mol. The Labute approximate surface area is 144 Å². The van der Waals surface area contributed by atoms with E-state index in [-0.39, 0.29) is 5.54 Å². The van der Waals surface area contributed by atoms with E-state index in [1.165, 1.54) is 5.56 Å².